The predicted octanol–water partition coefficient (Wildman–Crippen LogP) is 0.787. The van der Waals surface area contributed by atoms with Crippen molar-refractivity contribution in [2.24, 2.45) is 0 Å². The van der Waals surface area contributed by atoms with Crippen molar-refractivity contribution in [2.75, 3.05) is 0 Å². The van der Waals surface area contributed by atoms with Gasteiger partial charge in [0.25, 0.3) is 5.91 Å². The van der Waals surface area contributed by atoms with Gasteiger partial charge in [-0.15, -0.1) is 5.48 Å². The average molecular weight is 399 g/mol. The lowest BCUT2D eigenvalue weighted by molar-refractivity contribution is -0.147. The lowest BCUT2D eigenvalue weighted by Gasteiger charge is -2.22. The third-order valence-corrected chi connectivity index (χ3v) is 4.48. The van der Waals surface area contributed by atoms with Gasteiger partial charge in [0.05, 0.1) is 0 Å². The van der Waals surface area contributed by atoms with E-state index in [1.165, 1.54) is 0 Å². The summed E-state index contributed by atoms with van der Waals surface area (Å²) >= 11 is 0. The van der Waals surface area contributed by atoms with Crippen LogP contribution < -0.4 is 16.1 Å². The van der Waals surface area contributed by atoms with Gasteiger partial charge in [-0.25, -0.2) is 9.59 Å². The van der Waals surface area contributed by atoms with E-state index in [0.717, 1.165) is 16.7 Å². The van der Waals surface area contributed by atoms with Crippen molar-refractivity contribution >= 4 is 18.0 Å². The summed E-state index contributed by atoms with van der Waals surface area (Å²) in [6, 6.07) is 16.8. The molecule has 9 heteroatoms. The third-order valence-electron chi connectivity index (χ3n) is 4.48. The number of hydrogen-bond donors (Lipinski definition) is 5. The number of carbonyl (C=O) groups excluding carboxylic acids is 2. The van der Waals surface area contributed by atoms with Crippen LogP contribution in [0.4, 0.5) is 4.79 Å². The molecule has 0 aliphatic carbocycles. The molecule has 2 aromatic rings. The van der Waals surface area contributed by atoms with Crippen molar-refractivity contribution < 1.29 is 29.4 Å². The van der Waals surface area contributed by atoms with Gasteiger partial charge < -0.3 is 20.4 Å². The molecule has 0 aromatic heterocycles. The van der Waals surface area contributed by atoms with Gasteiger partial charge in [-0.05, 0) is 23.1 Å². The number of hydroxylamine groups is 1. The summed E-state index contributed by atoms with van der Waals surface area (Å²) in [5.41, 5.74) is 5.17. The molecule has 29 heavy (non-hydrogen) atoms. The number of aliphatic carboxylic acids is 1. The van der Waals surface area contributed by atoms with Crippen LogP contribution in [-0.4, -0.2) is 46.5 Å². The molecule has 3 atom stereocenters. The number of aliphatic hydroxyl groups excluding tert-OH is 1. The standard InChI is InChI=1S/C20H21N3O6/c24-16(19(26)27)11-15(21-18(25)17-22-20(28)29-23-17)10-12-6-8-14(9-7-12)13-4-2-1-3-5-13/h1-9,15-17,23-24H,10-11H2,(H,21,25)(H,22,28)(H,26,27)/t15-,16-,17?/m1/s1. The molecular formula is C20H21N3O6. The summed E-state index contributed by atoms with van der Waals surface area (Å²) in [7, 11) is 0. The number of amides is 2. The molecular weight excluding hydrogens is 378 g/mol. The van der Waals surface area contributed by atoms with Crippen molar-refractivity contribution in [1.29, 1.82) is 0 Å². The van der Waals surface area contributed by atoms with Crippen LogP contribution in [0.1, 0.15) is 12.0 Å². The Balaban J connectivity index is 1.69. The van der Waals surface area contributed by atoms with Gasteiger partial charge in [-0.1, -0.05) is 54.6 Å². The number of benzene rings is 2. The van der Waals surface area contributed by atoms with Gasteiger partial charge in [0.1, 0.15) is 0 Å². The molecule has 0 bridgehead atoms. The Bertz CT molecular complexity index is 872. The zero-order valence-corrected chi connectivity index (χ0v) is 15.4. The first-order chi connectivity index (χ1) is 13.9. The molecule has 1 unspecified atom stereocenters. The lowest BCUT2D eigenvalue weighted by Crippen LogP contribution is -2.51. The number of nitrogens with one attached hydrogen (secondary N) is 3. The van der Waals surface area contributed by atoms with Gasteiger partial charge in [0, 0.05) is 12.5 Å². The summed E-state index contributed by atoms with van der Waals surface area (Å²) in [6.07, 6.45) is -3.40. The van der Waals surface area contributed by atoms with E-state index >= 15 is 0 Å². The van der Waals surface area contributed by atoms with Crippen LogP contribution in [0.5, 0.6) is 0 Å². The van der Waals surface area contributed by atoms with E-state index in [4.69, 9.17) is 5.11 Å². The highest BCUT2D eigenvalue weighted by atomic mass is 16.7. The average Bonchev–Trinajstić information content (AvgIpc) is 3.15. The molecule has 3 rings (SSSR count). The predicted molar refractivity (Wildman–Crippen MR) is 102 cm³/mol. The minimum Gasteiger partial charge on any atom is -0.479 e. The van der Waals surface area contributed by atoms with E-state index in [9.17, 15) is 19.5 Å². The number of hydrogen-bond acceptors (Lipinski definition) is 6. The molecule has 1 fully saturated rings. The van der Waals surface area contributed by atoms with Crippen molar-refractivity contribution in [2.45, 2.75) is 31.2 Å². The lowest BCUT2D eigenvalue weighted by atomic mass is 9.97. The van der Waals surface area contributed by atoms with Crippen LogP contribution in [0.25, 0.3) is 11.1 Å². The van der Waals surface area contributed by atoms with Gasteiger partial charge in [-0.2, -0.15) is 0 Å². The first-order valence-corrected chi connectivity index (χ1v) is 9.01. The number of rotatable bonds is 8. The smallest absolute Gasteiger partial charge is 0.427 e. The Morgan fingerprint density at radius 2 is 1.72 bits per heavy atom. The Kier molecular flexibility index (Phi) is 6.43. The molecule has 1 aliphatic heterocycles. The molecule has 0 radical (unpaired) electrons. The Morgan fingerprint density at radius 1 is 1.07 bits per heavy atom. The largest absolute Gasteiger partial charge is 0.479 e. The molecule has 0 spiro atoms. The van der Waals surface area contributed by atoms with E-state index in [1.54, 1.807) is 0 Å². The molecule has 152 valence electrons. The fourth-order valence-electron chi connectivity index (χ4n) is 3.00. The van der Waals surface area contributed by atoms with Crippen molar-refractivity contribution in [3.63, 3.8) is 0 Å². The van der Waals surface area contributed by atoms with Gasteiger partial charge in [0.15, 0.2) is 12.3 Å². The topological polar surface area (TPSA) is 137 Å². The second-order valence-electron chi connectivity index (χ2n) is 6.65. The molecule has 9 nitrogen and oxygen atoms in total. The monoisotopic (exact) mass is 399 g/mol. The summed E-state index contributed by atoms with van der Waals surface area (Å²) in [5.74, 6) is -1.97. The Hall–Kier alpha value is -3.43. The Morgan fingerprint density at radius 3 is 2.31 bits per heavy atom. The van der Waals surface area contributed by atoms with Gasteiger partial charge in [0.2, 0.25) is 0 Å². The number of carbonyl (C=O) groups is 3. The molecule has 1 saturated heterocycles. The van der Waals surface area contributed by atoms with Crippen LogP contribution in [-0.2, 0) is 20.8 Å². The molecule has 1 aliphatic rings. The van der Waals surface area contributed by atoms with E-state index in [0.29, 0.717) is 6.42 Å². The van der Waals surface area contributed by atoms with Crippen LogP contribution in [0, 0.1) is 0 Å². The highest BCUT2D eigenvalue weighted by molar-refractivity contribution is 5.87. The van der Waals surface area contributed by atoms with E-state index in [-0.39, 0.29) is 6.42 Å². The summed E-state index contributed by atoms with van der Waals surface area (Å²) in [5, 5.41) is 23.6. The van der Waals surface area contributed by atoms with Crippen LogP contribution >= 0.6 is 0 Å². The number of carboxylic acids is 1. The zero-order valence-electron chi connectivity index (χ0n) is 15.4. The van der Waals surface area contributed by atoms with E-state index in [2.05, 4.69) is 21.0 Å². The van der Waals surface area contributed by atoms with Gasteiger partial charge in [-0.3, -0.25) is 10.1 Å². The first-order valence-electron chi connectivity index (χ1n) is 9.01. The first kappa shape index (κ1) is 20.3. The molecule has 1 heterocycles. The maximum atomic E-state index is 12.3. The minimum atomic E-state index is -1.63. The molecule has 2 aromatic carbocycles. The second kappa shape index (κ2) is 9.18. The van der Waals surface area contributed by atoms with Crippen molar-refractivity contribution in [3.05, 3.63) is 60.2 Å². The normalized spacial score (nSPS) is 17.7. The van der Waals surface area contributed by atoms with Crippen molar-refractivity contribution in [3.8, 4) is 11.1 Å². The second-order valence-corrected chi connectivity index (χ2v) is 6.65. The van der Waals surface area contributed by atoms with Gasteiger partial charge >= 0.3 is 12.1 Å². The summed E-state index contributed by atoms with van der Waals surface area (Å²) < 4.78 is 0. The zero-order chi connectivity index (χ0) is 20.8. The quantitative estimate of drug-likeness (QED) is 0.442. The fraction of sp³-hybridized carbons (Fsp3) is 0.250. The minimum absolute atomic E-state index is 0.191. The summed E-state index contributed by atoms with van der Waals surface area (Å²) in [6.45, 7) is 0. The number of carboxylic acid groups (broad SMARTS) is 1. The highest BCUT2D eigenvalue weighted by Gasteiger charge is 2.31. The van der Waals surface area contributed by atoms with Crippen LogP contribution in [0.2, 0.25) is 0 Å². The SMILES string of the molecule is O=C1NC(C(=O)N[C@H](Cc2ccc(-c3ccccc3)cc2)C[C@@H](O)C(=O)O)NO1. The van der Waals surface area contributed by atoms with Crippen LogP contribution in [0.15, 0.2) is 54.6 Å². The van der Waals surface area contributed by atoms with E-state index in [1.807, 2.05) is 54.6 Å². The third kappa shape index (κ3) is 5.53. The Labute approximate surface area is 166 Å². The summed E-state index contributed by atoms with van der Waals surface area (Å²) in [4.78, 5) is 38.8. The maximum absolute atomic E-state index is 12.3. The maximum Gasteiger partial charge on any atom is 0.427 e. The van der Waals surface area contributed by atoms with E-state index < -0.39 is 36.3 Å². The molecule has 2 amide bonds. The molecule has 5 N–H and O–H groups in total. The van der Waals surface area contributed by atoms with Crippen molar-refractivity contribution in [1.82, 2.24) is 16.1 Å². The molecule has 0 saturated carbocycles. The van der Waals surface area contributed by atoms with Crippen LogP contribution in [0.3, 0.4) is 0 Å². The highest BCUT2D eigenvalue weighted by Crippen LogP contribution is 2.20. The number of aliphatic hydroxyl groups is 1. The fourth-order valence-corrected chi connectivity index (χ4v) is 3.00.